The molecule has 0 saturated heterocycles. The smallest absolute Gasteiger partial charge is 0.277 e. The number of hydrazone groups is 1. The monoisotopic (exact) mass is 409 g/mol. The molecular formula is C23H27N3O4. The Bertz CT molecular complexity index is 1000. The summed E-state index contributed by atoms with van der Waals surface area (Å²) in [6, 6.07) is 12.9. The van der Waals surface area contributed by atoms with Gasteiger partial charge in [-0.3, -0.25) is 9.59 Å². The van der Waals surface area contributed by atoms with E-state index in [1.807, 2.05) is 25.1 Å². The first-order valence-corrected chi connectivity index (χ1v) is 9.89. The summed E-state index contributed by atoms with van der Waals surface area (Å²) in [5, 5.41) is 17.6. The molecule has 0 unspecified atom stereocenters. The first-order chi connectivity index (χ1) is 14.2. The highest BCUT2D eigenvalue weighted by atomic mass is 16.5. The van der Waals surface area contributed by atoms with Gasteiger partial charge in [0.1, 0.15) is 5.75 Å². The molecule has 7 nitrogen and oxygen atoms in total. The number of hydrogen-bond donors (Lipinski definition) is 3. The number of carbonyl (C=O) groups excluding carboxylic acids is 2. The van der Waals surface area contributed by atoms with Crippen molar-refractivity contribution in [3.63, 3.8) is 0 Å². The standard InChI is InChI=1S/C23H27N3O4/c1-14(2)17-10-9-15(3)20(11-17)30-13-21(27)26-25-16(4)12-23(29)18-7-5-6-8-19(18)24-22(23)28/h5-11,14,29H,12-13H2,1-4H3,(H,24,28)(H,26,27)/b25-16-/t23-/m1/s1. The molecule has 0 aromatic heterocycles. The number of carbonyl (C=O) groups is 2. The van der Waals surface area contributed by atoms with E-state index in [1.54, 1.807) is 31.2 Å². The summed E-state index contributed by atoms with van der Waals surface area (Å²) in [4.78, 5) is 24.4. The van der Waals surface area contributed by atoms with E-state index < -0.39 is 17.4 Å². The van der Waals surface area contributed by atoms with Crippen LogP contribution in [0.5, 0.6) is 5.75 Å². The van der Waals surface area contributed by atoms with Crippen molar-refractivity contribution in [1.82, 2.24) is 5.43 Å². The van der Waals surface area contributed by atoms with Crippen LogP contribution in [0.3, 0.4) is 0 Å². The zero-order valence-electron chi connectivity index (χ0n) is 17.7. The number of benzene rings is 2. The Morgan fingerprint density at radius 3 is 2.73 bits per heavy atom. The van der Waals surface area contributed by atoms with Gasteiger partial charge in [-0.25, -0.2) is 5.43 Å². The average Bonchev–Trinajstić information content (AvgIpc) is 2.95. The molecule has 7 heteroatoms. The maximum absolute atomic E-state index is 12.3. The Morgan fingerprint density at radius 2 is 2.00 bits per heavy atom. The summed E-state index contributed by atoms with van der Waals surface area (Å²) >= 11 is 0. The van der Waals surface area contributed by atoms with Crippen LogP contribution < -0.4 is 15.5 Å². The lowest BCUT2D eigenvalue weighted by molar-refractivity contribution is -0.132. The van der Waals surface area contributed by atoms with E-state index in [1.165, 1.54) is 0 Å². The maximum Gasteiger partial charge on any atom is 0.277 e. The van der Waals surface area contributed by atoms with Crippen LogP contribution >= 0.6 is 0 Å². The van der Waals surface area contributed by atoms with Crippen LogP contribution in [-0.2, 0) is 15.2 Å². The highest BCUT2D eigenvalue weighted by Crippen LogP contribution is 2.38. The summed E-state index contributed by atoms with van der Waals surface area (Å²) in [6.45, 7) is 7.56. The molecule has 0 fully saturated rings. The van der Waals surface area contributed by atoms with Crippen molar-refractivity contribution >= 4 is 23.2 Å². The highest BCUT2D eigenvalue weighted by Gasteiger charge is 2.45. The lowest BCUT2D eigenvalue weighted by atomic mass is 9.90. The molecule has 1 aliphatic rings. The SMILES string of the molecule is C/C(C[C@]1(O)C(=O)Nc2ccccc21)=N/NC(=O)COc1cc(C(C)C)ccc1C. The highest BCUT2D eigenvalue weighted by molar-refractivity contribution is 6.07. The predicted molar refractivity (Wildman–Crippen MR) is 116 cm³/mol. The molecule has 1 heterocycles. The van der Waals surface area contributed by atoms with Gasteiger partial charge < -0.3 is 15.2 Å². The van der Waals surface area contributed by atoms with Crippen molar-refractivity contribution in [3.8, 4) is 5.75 Å². The van der Waals surface area contributed by atoms with Crippen LogP contribution in [0.4, 0.5) is 5.69 Å². The number of para-hydroxylation sites is 1. The Labute approximate surface area is 176 Å². The lowest BCUT2D eigenvalue weighted by Gasteiger charge is -2.20. The minimum Gasteiger partial charge on any atom is -0.483 e. The summed E-state index contributed by atoms with van der Waals surface area (Å²) < 4.78 is 5.64. The van der Waals surface area contributed by atoms with Crippen molar-refractivity contribution in [2.75, 3.05) is 11.9 Å². The molecule has 0 saturated carbocycles. The normalized spacial score (nSPS) is 18.2. The van der Waals surface area contributed by atoms with Gasteiger partial charge in [0.2, 0.25) is 0 Å². The molecule has 3 rings (SSSR count). The maximum atomic E-state index is 12.3. The van der Waals surface area contributed by atoms with Crippen molar-refractivity contribution in [2.24, 2.45) is 5.10 Å². The quantitative estimate of drug-likeness (QED) is 0.483. The van der Waals surface area contributed by atoms with Crippen LogP contribution in [0.2, 0.25) is 0 Å². The van der Waals surface area contributed by atoms with Crippen LogP contribution in [0.15, 0.2) is 47.6 Å². The van der Waals surface area contributed by atoms with Crippen molar-refractivity contribution in [3.05, 3.63) is 59.2 Å². The number of fused-ring (bicyclic) bond motifs is 1. The molecule has 30 heavy (non-hydrogen) atoms. The average molecular weight is 409 g/mol. The first-order valence-electron chi connectivity index (χ1n) is 9.89. The van der Waals surface area contributed by atoms with E-state index in [9.17, 15) is 14.7 Å². The number of anilines is 1. The molecule has 3 N–H and O–H groups in total. The first kappa shape index (κ1) is 21.5. The zero-order valence-corrected chi connectivity index (χ0v) is 17.7. The minimum absolute atomic E-state index is 0.0352. The topological polar surface area (TPSA) is 100 Å². The third-order valence-corrected chi connectivity index (χ3v) is 5.12. The van der Waals surface area contributed by atoms with Crippen LogP contribution in [0.25, 0.3) is 0 Å². The van der Waals surface area contributed by atoms with Gasteiger partial charge in [0.25, 0.3) is 11.8 Å². The third kappa shape index (κ3) is 4.52. The van der Waals surface area contributed by atoms with E-state index in [2.05, 4.69) is 29.7 Å². The van der Waals surface area contributed by atoms with Gasteiger partial charge >= 0.3 is 0 Å². The Hall–Kier alpha value is -3.19. The largest absolute Gasteiger partial charge is 0.483 e. The number of amides is 2. The molecule has 2 aromatic carbocycles. The number of nitrogens with zero attached hydrogens (tertiary/aromatic N) is 1. The molecule has 2 aromatic rings. The fourth-order valence-corrected chi connectivity index (χ4v) is 3.35. The van der Waals surface area contributed by atoms with Gasteiger partial charge in [0.05, 0.1) is 0 Å². The van der Waals surface area contributed by atoms with Crippen molar-refractivity contribution in [2.45, 2.75) is 45.6 Å². The summed E-state index contributed by atoms with van der Waals surface area (Å²) in [6.07, 6.45) is -0.0352. The number of rotatable bonds is 7. The molecule has 0 bridgehead atoms. The Kier molecular flexibility index (Phi) is 6.22. The van der Waals surface area contributed by atoms with Gasteiger partial charge in [-0.2, -0.15) is 5.10 Å². The van der Waals surface area contributed by atoms with Gasteiger partial charge in [0.15, 0.2) is 12.2 Å². The number of nitrogens with one attached hydrogen (secondary N) is 2. The van der Waals surface area contributed by atoms with Crippen molar-refractivity contribution in [1.29, 1.82) is 0 Å². The molecule has 1 atom stereocenters. The Morgan fingerprint density at radius 1 is 1.27 bits per heavy atom. The van der Waals surface area contributed by atoms with Crippen molar-refractivity contribution < 1.29 is 19.4 Å². The third-order valence-electron chi connectivity index (χ3n) is 5.12. The van der Waals surface area contributed by atoms with E-state index in [4.69, 9.17) is 4.74 Å². The fourth-order valence-electron chi connectivity index (χ4n) is 3.35. The number of hydrogen-bond acceptors (Lipinski definition) is 5. The lowest BCUT2D eigenvalue weighted by Crippen LogP contribution is -2.36. The predicted octanol–water partition coefficient (Wildman–Crippen LogP) is 3.22. The number of ether oxygens (including phenoxy) is 1. The summed E-state index contributed by atoms with van der Waals surface area (Å²) in [5.41, 5.74) is 4.28. The second kappa shape index (κ2) is 8.67. The molecule has 0 radical (unpaired) electrons. The number of aryl methyl sites for hydroxylation is 1. The van der Waals surface area contributed by atoms with Crippen LogP contribution in [-0.4, -0.2) is 29.2 Å². The van der Waals surface area contributed by atoms with E-state index in [0.717, 1.165) is 11.1 Å². The summed E-state index contributed by atoms with van der Waals surface area (Å²) in [5.74, 6) is 0.0868. The molecule has 2 amide bonds. The van der Waals surface area contributed by atoms with Crippen LogP contribution in [0, 0.1) is 6.92 Å². The van der Waals surface area contributed by atoms with Gasteiger partial charge in [0, 0.05) is 23.4 Å². The molecule has 0 spiro atoms. The second-order valence-corrected chi connectivity index (χ2v) is 7.89. The summed E-state index contributed by atoms with van der Waals surface area (Å²) in [7, 11) is 0. The molecule has 158 valence electrons. The molecule has 1 aliphatic heterocycles. The molecule has 0 aliphatic carbocycles. The zero-order chi connectivity index (χ0) is 21.9. The van der Waals surface area contributed by atoms with E-state index in [0.29, 0.717) is 28.6 Å². The van der Waals surface area contributed by atoms with Gasteiger partial charge in [-0.1, -0.05) is 44.2 Å². The van der Waals surface area contributed by atoms with Gasteiger partial charge in [-0.05, 0) is 43.0 Å². The second-order valence-electron chi connectivity index (χ2n) is 7.89. The van der Waals surface area contributed by atoms with Crippen LogP contribution in [0.1, 0.15) is 49.8 Å². The Balaban J connectivity index is 1.59. The minimum atomic E-state index is -1.71. The fraction of sp³-hybridized carbons (Fsp3) is 0.348. The van der Waals surface area contributed by atoms with Gasteiger partial charge in [-0.15, -0.1) is 0 Å². The molecular weight excluding hydrogens is 382 g/mol. The number of aliphatic hydroxyl groups is 1. The van der Waals surface area contributed by atoms with E-state index in [-0.39, 0.29) is 13.0 Å². The van der Waals surface area contributed by atoms with E-state index >= 15 is 0 Å².